The third kappa shape index (κ3) is 4.02. The maximum atomic E-state index is 9.87. The molecule has 0 aliphatic rings. The first-order valence-electron chi connectivity index (χ1n) is 5.50. The van der Waals surface area contributed by atoms with Crippen LogP contribution in [0, 0.1) is 0 Å². The lowest BCUT2D eigenvalue weighted by Gasteiger charge is -2.22. The summed E-state index contributed by atoms with van der Waals surface area (Å²) >= 11 is 0. The van der Waals surface area contributed by atoms with Crippen LogP contribution in [-0.4, -0.2) is 15.8 Å². The van der Waals surface area contributed by atoms with Crippen LogP contribution in [0.2, 0.25) is 0 Å². The van der Waals surface area contributed by atoms with E-state index in [-0.39, 0.29) is 0 Å². The van der Waals surface area contributed by atoms with Gasteiger partial charge in [-0.15, -0.1) is 0 Å². The predicted molar refractivity (Wildman–Crippen MR) is 61.6 cm³/mol. The Hall–Kier alpha value is -0.860. The van der Waals surface area contributed by atoms with Crippen LogP contribution in [0.1, 0.15) is 44.8 Å². The Labute approximate surface area is 91.6 Å². The highest BCUT2D eigenvalue weighted by Crippen LogP contribution is 2.24. The van der Waals surface area contributed by atoms with Gasteiger partial charge in [-0.25, -0.2) is 0 Å². The highest BCUT2D eigenvalue weighted by atomic mass is 16.3. The predicted octanol–water partition coefficient (Wildman–Crippen LogP) is 2.66. The second kappa shape index (κ2) is 5.29. The monoisotopic (exact) mass is 208 g/mol. The molecule has 2 atom stereocenters. The van der Waals surface area contributed by atoms with E-state index in [0.717, 1.165) is 5.56 Å². The van der Waals surface area contributed by atoms with E-state index in [2.05, 4.69) is 0 Å². The summed E-state index contributed by atoms with van der Waals surface area (Å²) in [6, 6.07) is 9.57. The summed E-state index contributed by atoms with van der Waals surface area (Å²) in [4.78, 5) is 0. The lowest BCUT2D eigenvalue weighted by atomic mass is 9.93. The zero-order chi connectivity index (χ0) is 11.3. The van der Waals surface area contributed by atoms with Gasteiger partial charge >= 0.3 is 0 Å². The van der Waals surface area contributed by atoms with Gasteiger partial charge in [-0.05, 0) is 31.7 Å². The quantitative estimate of drug-likeness (QED) is 0.781. The van der Waals surface area contributed by atoms with Gasteiger partial charge in [-0.2, -0.15) is 0 Å². The lowest BCUT2D eigenvalue weighted by Crippen LogP contribution is -2.23. The van der Waals surface area contributed by atoms with Gasteiger partial charge in [0.05, 0.1) is 11.7 Å². The Kier molecular flexibility index (Phi) is 4.30. The summed E-state index contributed by atoms with van der Waals surface area (Å²) in [7, 11) is 0. The number of aliphatic hydroxyl groups excluding tert-OH is 1. The molecule has 2 unspecified atom stereocenters. The van der Waals surface area contributed by atoms with Crippen LogP contribution in [0.3, 0.4) is 0 Å². The Bertz CT molecular complexity index is 280. The maximum absolute atomic E-state index is 9.87. The molecule has 1 rings (SSSR count). The topological polar surface area (TPSA) is 40.5 Å². The van der Waals surface area contributed by atoms with E-state index >= 15 is 0 Å². The molecule has 0 aliphatic carbocycles. The minimum Gasteiger partial charge on any atom is -0.390 e. The SMILES string of the molecule is CCC(C)(O)CCC(O)c1ccccc1. The fraction of sp³-hybridized carbons (Fsp3) is 0.538. The van der Waals surface area contributed by atoms with Crippen LogP contribution in [0.15, 0.2) is 30.3 Å². The minimum atomic E-state index is -0.657. The van der Waals surface area contributed by atoms with E-state index in [1.54, 1.807) is 0 Å². The van der Waals surface area contributed by atoms with Gasteiger partial charge in [0.25, 0.3) is 0 Å². The van der Waals surface area contributed by atoms with E-state index in [0.29, 0.717) is 19.3 Å². The van der Waals surface area contributed by atoms with Crippen molar-refractivity contribution in [3.8, 4) is 0 Å². The van der Waals surface area contributed by atoms with Crippen LogP contribution in [0.5, 0.6) is 0 Å². The van der Waals surface area contributed by atoms with Crippen molar-refractivity contribution in [2.24, 2.45) is 0 Å². The number of hydrogen-bond acceptors (Lipinski definition) is 2. The molecule has 84 valence electrons. The molecule has 0 heterocycles. The standard InChI is InChI=1S/C13H20O2/c1-3-13(2,15)10-9-12(14)11-7-5-4-6-8-11/h4-8,12,14-15H,3,9-10H2,1-2H3. The van der Waals surface area contributed by atoms with Crippen molar-refractivity contribution in [1.29, 1.82) is 0 Å². The third-order valence-corrected chi connectivity index (χ3v) is 2.90. The molecule has 0 fully saturated rings. The van der Waals surface area contributed by atoms with Crippen LogP contribution in [0.25, 0.3) is 0 Å². The zero-order valence-electron chi connectivity index (χ0n) is 9.48. The van der Waals surface area contributed by atoms with Crippen LogP contribution in [-0.2, 0) is 0 Å². The van der Waals surface area contributed by atoms with Crippen molar-refractivity contribution in [2.45, 2.75) is 44.8 Å². The van der Waals surface area contributed by atoms with Gasteiger partial charge < -0.3 is 10.2 Å². The fourth-order valence-corrected chi connectivity index (χ4v) is 1.47. The number of aliphatic hydroxyl groups is 2. The first kappa shape index (κ1) is 12.2. The molecule has 0 bridgehead atoms. The van der Waals surface area contributed by atoms with Crippen molar-refractivity contribution in [3.63, 3.8) is 0 Å². The first-order valence-corrected chi connectivity index (χ1v) is 5.50. The average Bonchev–Trinajstić information content (AvgIpc) is 2.27. The van der Waals surface area contributed by atoms with Gasteiger partial charge in [-0.3, -0.25) is 0 Å². The number of benzene rings is 1. The van der Waals surface area contributed by atoms with E-state index in [1.165, 1.54) is 0 Å². The van der Waals surface area contributed by atoms with Gasteiger partial charge in [0, 0.05) is 0 Å². The minimum absolute atomic E-state index is 0.468. The zero-order valence-corrected chi connectivity index (χ0v) is 9.48. The van der Waals surface area contributed by atoms with Crippen molar-refractivity contribution >= 4 is 0 Å². The van der Waals surface area contributed by atoms with Gasteiger partial charge in [0.1, 0.15) is 0 Å². The molecule has 1 aromatic carbocycles. The number of rotatable bonds is 5. The van der Waals surface area contributed by atoms with Gasteiger partial charge in [-0.1, -0.05) is 37.3 Å². The highest BCUT2D eigenvalue weighted by molar-refractivity contribution is 5.17. The van der Waals surface area contributed by atoms with Crippen molar-refractivity contribution < 1.29 is 10.2 Å². The summed E-state index contributed by atoms with van der Waals surface area (Å²) in [6.45, 7) is 3.76. The molecule has 0 saturated carbocycles. The van der Waals surface area contributed by atoms with Crippen LogP contribution >= 0.6 is 0 Å². The molecule has 2 heteroatoms. The summed E-state index contributed by atoms with van der Waals surface area (Å²) in [5, 5.41) is 19.7. The smallest absolute Gasteiger partial charge is 0.0791 e. The van der Waals surface area contributed by atoms with Crippen molar-refractivity contribution in [2.75, 3.05) is 0 Å². The van der Waals surface area contributed by atoms with E-state index in [4.69, 9.17) is 0 Å². The van der Waals surface area contributed by atoms with E-state index in [9.17, 15) is 10.2 Å². The summed E-state index contributed by atoms with van der Waals surface area (Å²) in [5.41, 5.74) is 0.264. The Morgan fingerprint density at radius 2 is 1.87 bits per heavy atom. The largest absolute Gasteiger partial charge is 0.390 e. The fourth-order valence-electron chi connectivity index (χ4n) is 1.47. The molecule has 1 aromatic rings. The molecule has 0 spiro atoms. The van der Waals surface area contributed by atoms with Gasteiger partial charge in [0.15, 0.2) is 0 Å². The average molecular weight is 208 g/mol. The van der Waals surface area contributed by atoms with Crippen LogP contribution in [0.4, 0.5) is 0 Å². The molecular formula is C13H20O2. The molecule has 0 aromatic heterocycles. The third-order valence-electron chi connectivity index (χ3n) is 2.90. The molecule has 0 radical (unpaired) electrons. The van der Waals surface area contributed by atoms with Crippen LogP contribution < -0.4 is 0 Å². The molecule has 0 saturated heterocycles. The molecule has 0 aliphatic heterocycles. The molecule has 15 heavy (non-hydrogen) atoms. The summed E-state index contributed by atoms with van der Waals surface area (Å²) in [6.07, 6.45) is 1.48. The normalized spacial score (nSPS) is 17.1. The number of hydrogen-bond donors (Lipinski definition) is 2. The Balaban J connectivity index is 2.47. The molecule has 2 N–H and O–H groups in total. The van der Waals surface area contributed by atoms with Crippen molar-refractivity contribution in [3.05, 3.63) is 35.9 Å². The Morgan fingerprint density at radius 1 is 1.27 bits per heavy atom. The van der Waals surface area contributed by atoms with Crippen molar-refractivity contribution in [1.82, 2.24) is 0 Å². The second-order valence-electron chi connectivity index (χ2n) is 4.32. The van der Waals surface area contributed by atoms with Gasteiger partial charge in [0.2, 0.25) is 0 Å². The maximum Gasteiger partial charge on any atom is 0.0791 e. The Morgan fingerprint density at radius 3 is 2.40 bits per heavy atom. The summed E-state index contributed by atoms with van der Waals surface area (Å²) < 4.78 is 0. The highest BCUT2D eigenvalue weighted by Gasteiger charge is 2.19. The molecule has 2 nitrogen and oxygen atoms in total. The molecule has 0 amide bonds. The lowest BCUT2D eigenvalue weighted by molar-refractivity contribution is 0.0286. The van der Waals surface area contributed by atoms with E-state index < -0.39 is 11.7 Å². The van der Waals surface area contributed by atoms with E-state index in [1.807, 2.05) is 44.2 Å². The first-order chi connectivity index (χ1) is 7.05. The molecular weight excluding hydrogens is 188 g/mol. The second-order valence-corrected chi connectivity index (χ2v) is 4.32. The summed E-state index contributed by atoms with van der Waals surface area (Å²) in [5.74, 6) is 0.